The Morgan fingerprint density at radius 3 is 2.46 bits per heavy atom. The monoisotopic (exact) mass is 178 g/mol. The molecule has 2 N–H and O–H groups in total. The van der Waals surface area contributed by atoms with Gasteiger partial charge in [0.25, 0.3) is 0 Å². The van der Waals surface area contributed by atoms with Gasteiger partial charge in [-0.05, 0) is 0 Å². The molecular formula is C9H14N4. The summed E-state index contributed by atoms with van der Waals surface area (Å²) in [6.07, 6.45) is 7.32. The van der Waals surface area contributed by atoms with E-state index in [-0.39, 0.29) is 0 Å². The Morgan fingerprint density at radius 1 is 1.38 bits per heavy atom. The molecule has 0 spiro atoms. The second-order valence-electron chi connectivity index (χ2n) is 2.85. The maximum atomic E-state index is 5.32. The second kappa shape index (κ2) is 4.57. The average Bonchev–Trinajstić information content (AvgIpc) is 2.15. The molecule has 0 bridgehead atoms. The van der Waals surface area contributed by atoms with Gasteiger partial charge in [0.1, 0.15) is 0 Å². The Bertz CT molecular complexity index is 276. The number of aromatic nitrogens is 2. The molecule has 1 rings (SSSR count). The van der Waals surface area contributed by atoms with E-state index in [0.29, 0.717) is 12.5 Å². The lowest BCUT2D eigenvalue weighted by molar-refractivity contribution is 0.996. The van der Waals surface area contributed by atoms with Crippen LogP contribution in [0.2, 0.25) is 0 Å². The normalized spacial score (nSPS) is 10.7. The predicted octanol–water partition coefficient (Wildman–Crippen LogP) is 0.514. The number of hydrogen-bond acceptors (Lipinski definition) is 4. The summed E-state index contributed by atoms with van der Waals surface area (Å²) in [5.74, 6) is 0.713. The van der Waals surface area contributed by atoms with Crippen molar-refractivity contribution in [1.82, 2.24) is 9.97 Å². The fraction of sp³-hybridized carbons (Fsp3) is 0.333. The van der Waals surface area contributed by atoms with E-state index in [1.165, 1.54) is 0 Å². The summed E-state index contributed by atoms with van der Waals surface area (Å²) in [6, 6.07) is 0. The van der Waals surface area contributed by atoms with Crippen LogP contribution in [0.3, 0.4) is 0 Å². The molecule has 4 heteroatoms. The molecule has 1 heterocycles. The van der Waals surface area contributed by atoms with Gasteiger partial charge in [0.15, 0.2) is 0 Å². The lowest BCUT2D eigenvalue weighted by Gasteiger charge is -2.08. The largest absolute Gasteiger partial charge is 0.347 e. The third kappa shape index (κ3) is 2.83. The summed E-state index contributed by atoms with van der Waals surface area (Å²) in [6.45, 7) is 0.537. The molecule has 0 aromatic carbocycles. The Labute approximate surface area is 78.1 Å². The number of nitrogens with two attached hydrogens (primary N) is 1. The molecule has 13 heavy (non-hydrogen) atoms. The third-order valence-electron chi connectivity index (χ3n) is 1.50. The summed E-state index contributed by atoms with van der Waals surface area (Å²) in [5, 5.41) is 0. The zero-order valence-corrected chi connectivity index (χ0v) is 7.94. The van der Waals surface area contributed by atoms with Gasteiger partial charge in [-0.15, -0.1) is 0 Å². The van der Waals surface area contributed by atoms with E-state index in [0.717, 1.165) is 5.56 Å². The van der Waals surface area contributed by atoms with Crippen LogP contribution >= 0.6 is 0 Å². The molecule has 1 aromatic rings. The maximum Gasteiger partial charge on any atom is 0.224 e. The van der Waals surface area contributed by atoms with Crippen LogP contribution in [-0.2, 0) is 0 Å². The van der Waals surface area contributed by atoms with Crippen molar-refractivity contribution in [3.63, 3.8) is 0 Å². The molecule has 4 nitrogen and oxygen atoms in total. The highest BCUT2D eigenvalue weighted by molar-refractivity contribution is 5.47. The van der Waals surface area contributed by atoms with Crippen LogP contribution in [0.4, 0.5) is 5.95 Å². The van der Waals surface area contributed by atoms with Crippen molar-refractivity contribution in [3.05, 3.63) is 24.0 Å². The van der Waals surface area contributed by atoms with Gasteiger partial charge in [0.2, 0.25) is 5.95 Å². The minimum Gasteiger partial charge on any atom is -0.347 e. The number of rotatable bonds is 3. The van der Waals surface area contributed by atoms with Crippen molar-refractivity contribution in [2.45, 2.75) is 0 Å². The maximum absolute atomic E-state index is 5.32. The van der Waals surface area contributed by atoms with Gasteiger partial charge in [-0.25, -0.2) is 9.97 Å². The van der Waals surface area contributed by atoms with Crippen LogP contribution in [-0.4, -0.2) is 30.6 Å². The zero-order valence-electron chi connectivity index (χ0n) is 7.94. The van der Waals surface area contributed by atoms with Gasteiger partial charge in [-0.1, -0.05) is 12.2 Å². The van der Waals surface area contributed by atoms with Gasteiger partial charge in [0, 0.05) is 38.6 Å². The number of nitrogens with zero attached hydrogens (tertiary/aromatic N) is 3. The summed E-state index contributed by atoms with van der Waals surface area (Å²) in [4.78, 5) is 10.2. The Morgan fingerprint density at radius 2 is 2.00 bits per heavy atom. The van der Waals surface area contributed by atoms with Crippen molar-refractivity contribution in [3.8, 4) is 0 Å². The van der Waals surface area contributed by atoms with Crippen molar-refractivity contribution < 1.29 is 0 Å². The van der Waals surface area contributed by atoms with Gasteiger partial charge >= 0.3 is 0 Å². The first-order valence-electron chi connectivity index (χ1n) is 4.10. The van der Waals surface area contributed by atoms with Crippen LogP contribution in [0.25, 0.3) is 6.08 Å². The quantitative estimate of drug-likeness (QED) is 0.733. The molecule has 0 aliphatic carbocycles. The molecule has 0 radical (unpaired) electrons. The van der Waals surface area contributed by atoms with Crippen molar-refractivity contribution in [2.75, 3.05) is 25.5 Å². The van der Waals surface area contributed by atoms with E-state index in [1.54, 1.807) is 12.4 Å². The molecule has 0 fully saturated rings. The molecule has 0 aliphatic heterocycles. The summed E-state index contributed by atoms with van der Waals surface area (Å²) in [5.41, 5.74) is 6.29. The highest BCUT2D eigenvalue weighted by Crippen LogP contribution is 2.03. The first-order valence-corrected chi connectivity index (χ1v) is 4.10. The highest BCUT2D eigenvalue weighted by Gasteiger charge is 1.96. The summed E-state index contributed by atoms with van der Waals surface area (Å²) in [7, 11) is 3.81. The zero-order chi connectivity index (χ0) is 9.68. The van der Waals surface area contributed by atoms with Crippen LogP contribution < -0.4 is 10.6 Å². The minimum absolute atomic E-state index is 0.537. The Balaban J connectivity index is 2.75. The smallest absolute Gasteiger partial charge is 0.224 e. The first kappa shape index (κ1) is 9.67. The second-order valence-corrected chi connectivity index (χ2v) is 2.85. The molecule has 0 atom stereocenters. The lowest BCUT2D eigenvalue weighted by atomic mass is 10.3. The van der Waals surface area contributed by atoms with E-state index in [9.17, 15) is 0 Å². The molecular weight excluding hydrogens is 164 g/mol. The SMILES string of the molecule is CN(C)c1ncc(C=CCN)cn1. The number of hydrogen-bond donors (Lipinski definition) is 1. The van der Waals surface area contributed by atoms with Gasteiger partial charge < -0.3 is 10.6 Å². The summed E-state index contributed by atoms with van der Waals surface area (Å²) >= 11 is 0. The lowest BCUT2D eigenvalue weighted by Crippen LogP contribution is -2.12. The standard InChI is InChI=1S/C9H14N4/c1-13(2)9-11-6-8(7-12-9)4-3-5-10/h3-4,6-7H,5,10H2,1-2H3. The average molecular weight is 178 g/mol. The molecule has 1 aromatic heterocycles. The summed E-state index contributed by atoms with van der Waals surface area (Å²) < 4.78 is 0. The van der Waals surface area contributed by atoms with Crippen LogP contribution in [0, 0.1) is 0 Å². The molecule has 0 unspecified atom stereocenters. The van der Waals surface area contributed by atoms with Gasteiger partial charge in [-0.3, -0.25) is 0 Å². The van der Waals surface area contributed by atoms with E-state index in [4.69, 9.17) is 5.73 Å². The first-order chi connectivity index (χ1) is 6.24. The highest BCUT2D eigenvalue weighted by atomic mass is 15.2. The Hall–Kier alpha value is -1.42. The minimum atomic E-state index is 0.537. The van der Waals surface area contributed by atoms with E-state index < -0.39 is 0 Å². The van der Waals surface area contributed by atoms with Crippen molar-refractivity contribution in [2.24, 2.45) is 5.73 Å². The molecule has 0 saturated heterocycles. The van der Waals surface area contributed by atoms with Gasteiger partial charge in [0.05, 0.1) is 0 Å². The molecule has 0 amide bonds. The number of anilines is 1. The molecule has 0 aliphatic rings. The van der Waals surface area contributed by atoms with Crippen LogP contribution in [0.5, 0.6) is 0 Å². The van der Waals surface area contributed by atoms with Crippen LogP contribution in [0.15, 0.2) is 18.5 Å². The third-order valence-corrected chi connectivity index (χ3v) is 1.50. The van der Waals surface area contributed by atoms with Crippen molar-refractivity contribution >= 4 is 12.0 Å². The fourth-order valence-electron chi connectivity index (χ4n) is 0.852. The topological polar surface area (TPSA) is 55.0 Å². The van der Waals surface area contributed by atoms with Gasteiger partial charge in [-0.2, -0.15) is 0 Å². The van der Waals surface area contributed by atoms with Crippen LogP contribution in [0.1, 0.15) is 5.56 Å². The van der Waals surface area contributed by atoms with Crippen molar-refractivity contribution in [1.29, 1.82) is 0 Å². The van der Waals surface area contributed by atoms with E-state index in [1.807, 2.05) is 31.1 Å². The molecule has 70 valence electrons. The predicted molar refractivity (Wildman–Crippen MR) is 54.4 cm³/mol. The fourth-order valence-corrected chi connectivity index (χ4v) is 0.852. The Kier molecular flexibility index (Phi) is 3.40. The van der Waals surface area contributed by atoms with E-state index >= 15 is 0 Å². The molecule has 0 saturated carbocycles. The van der Waals surface area contributed by atoms with E-state index in [2.05, 4.69) is 9.97 Å².